The first-order chi connectivity index (χ1) is 15.5. The molecular weight excluding hydrogens is 424 g/mol. The molecule has 0 aliphatic carbocycles. The SMILES string of the molecule is O=C(c1ccc(CS(=O)(=O)c2ccccc2)o1)N1CCC(c2cc3ccccc3[nH]2)CC1. The number of rotatable bonds is 5. The molecule has 0 radical (unpaired) electrons. The first kappa shape index (κ1) is 20.6. The molecule has 0 unspecified atom stereocenters. The van der Waals surface area contributed by atoms with Crippen LogP contribution in [0.1, 0.15) is 40.8 Å². The van der Waals surface area contributed by atoms with Gasteiger partial charge in [0.25, 0.3) is 5.91 Å². The number of para-hydroxylation sites is 1. The molecule has 4 aromatic rings. The third kappa shape index (κ3) is 4.08. The Hall–Kier alpha value is -3.32. The Kier molecular flexibility index (Phi) is 5.35. The number of benzene rings is 2. The molecule has 32 heavy (non-hydrogen) atoms. The van der Waals surface area contributed by atoms with Crippen molar-refractivity contribution in [3.05, 3.63) is 90.0 Å². The van der Waals surface area contributed by atoms with E-state index in [-0.39, 0.29) is 28.1 Å². The van der Waals surface area contributed by atoms with Gasteiger partial charge in [-0.3, -0.25) is 4.79 Å². The molecule has 6 nitrogen and oxygen atoms in total. The zero-order valence-electron chi connectivity index (χ0n) is 17.5. The molecule has 1 saturated heterocycles. The Bertz CT molecular complexity index is 1310. The Morgan fingerprint density at radius 2 is 1.69 bits per heavy atom. The van der Waals surface area contributed by atoms with Gasteiger partial charge in [-0.05, 0) is 54.6 Å². The predicted molar refractivity (Wildman–Crippen MR) is 122 cm³/mol. The standard InChI is InChI=1S/C25H24N2O4S/c28-25(24-11-10-20(31-24)17-32(29,30)21-7-2-1-3-8-21)27-14-12-18(13-15-27)23-16-19-6-4-5-9-22(19)26-23/h1-11,16,18,26H,12-15,17H2. The molecule has 0 atom stereocenters. The topological polar surface area (TPSA) is 83.4 Å². The van der Waals surface area contributed by atoms with Gasteiger partial charge < -0.3 is 14.3 Å². The molecule has 0 bridgehead atoms. The number of carbonyl (C=O) groups is 1. The molecule has 3 heterocycles. The van der Waals surface area contributed by atoms with Gasteiger partial charge >= 0.3 is 0 Å². The van der Waals surface area contributed by atoms with Crippen LogP contribution < -0.4 is 0 Å². The summed E-state index contributed by atoms with van der Waals surface area (Å²) in [5, 5.41) is 1.20. The third-order valence-electron chi connectivity index (χ3n) is 6.08. The normalized spacial score (nSPS) is 15.3. The van der Waals surface area contributed by atoms with Crippen LogP contribution in [0.4, 0.5) is 0 Å². The Balaban J connectivity index is 1.23. The molecule has 0 spiro atoms. The highest BCUT2D eigenvalue weighted by Crippen LogP contribution is 2.30. The minimum Gasteiger partial charge on any atom is -0.455 e. The lowest BCUT2D eigenvalue weighted by molar-refractivity contribution is 0.0678. The summed E-state index contributed by atoms with van der Waals surface area (Å²) in [6.07, 6.45) is 1.74. The number of furan rings is 1. The molecule has 5 rings (SSSR count). The maximum Gasteiger partial charge on any atom is 0.289 e. The second-order valence-corrected chi connectivity index (χ2v) is 10.2. The van der Waals surface area contributed by atoms with E-state index in [2.05, 4.69) is 23.2 Å². The summed E-state index contributed by atoms with van der Waals surface area (Å²) in [5.41, 5.74) is 2.35. The molecule has 1 aliphatic heterocycles. The summed E-state index contributed by atoms with van der Waals surface area (Å²) in [6, 6.07) is 21.8. The van der Waals surface area contributed by atoms with Gasteiger partial charge in [0.05, 0.1) is 4.90 Å². The summed E-state index contributed by atoms with van der Waals surface area (Å²) >= 11 is 0. The van der Waals surface area contributed by atoms with Gasteiger partial charge in [-0.2, -0.15) is 0 Å². The van der Waals surface area contributed by atoms with Crippen molar-refractivity contribution < 1.29 is 17.6 Å². The predicted octanol–water partition coefficient (Wildman–Crippen LogP) is 4.75. The number of H-pyrrole nitrogens is 1. The Morgan fingerprint density at radius 1 is 0.969 bits per heavy atom. The summed E-state index contributed by atoms with van der Waals surface area (Å²) in [6.45, 7) is 1.27. The van der Waals surface area contributed by atoms with E-state index in [9.17, 15) is 13.2 Å². The number of hydrogen-bond acceptors (Lipinski definition) is 4. The zero-order chi connectivity index (χ0) is 22.1. The quantitative estimate of drug-likeness (QED) is 0.477. The maximum absolute atomic E-state index is 12.9. The van der Waals surface area contributed by atoms with Gasteiger partial charge in [0, 0.05) is 30.2 Å². The van der Waals surface area contributed by atoms with E-state index < -0.39 is 9.84 Å². The fourth-order valence-electron chi connectivity index (χ4n) is 4.33. The smallest absolute Gasteiger partial charge is 0.289 e. The number of fused-ring (bicyclic) bond motifs is 1. The largest absolute Gasteiger partial charge is 0.455 e. The molecule has 2 aromatic heterocycles. The van der Waals surface area contributed by atoms with Crippen molar-refractivity contribution in [2.75, 3.05) is 13.1 Å². The highest BCUT2D eigenvalue weighted by Gasteiger charge is 2.27. The first-order valence-corrected chi connectivity index (χ1v) is 12.4. The second kappa shape index (κ2) is 8.31. The molecule has 1 fully saturated rings. The van der Waals surface area contributed by atoms with E-state index in [1.807, 2.05) is 12.1 Å². The number of piperidine rings is 1. The van der Waals surface area contributed by atoms with Crippen LogP contribution in [0.3, 0.4) is 0 Å². The minimum absolute atomic E-state index is 0.187. The van der Waals surface area contributed by atoms with Gasteiger partial charge in [-0.1, -0.05) is 36.4 Å². The van der Waals surface area contributed by atoms with Gasteiger partial charge in [-0.25, -0.2) is 8.42 Å². The zero-order valence-corrected chi connectivity index (χ0v) is 18.3. The summed E-state index contributed by atoms with van der Waals surface area (Å²) < 4.78 is 30.8. The van der Waals surface area contributed by atoms with Gasteiger partial charge in [0.15, 0.2) is 15.6 Å². The summed E-state index contributed by atoms with van der Waals surface area (Å²) in [4.78, 5) is 18.4. The Morgan fingerprint density at radius 3 is 2.44 bits per heavy atom. The fraction of sp³-hybridized carbons (Fsp3) is 0.240. The van der Waals surface area contributed by atoms with E-state index in [0.717, 1.165) is 18.4 Å². The monoisotopic (exact) mass is 448 g/mol. The van der Waals surface area contributed by atoms with Crippen LogP contribution in [0.15, 0.2) is 82.1 Å². The number of aromatic nitrogens is 1. The van der Waals surface area contributed by atoms with E-state index in [0.29, 0.717) is 19.0 Å². The second-order valence-electron chi connectivity index (χ2n) is 8.22. The van der Waals surface area contributed by atoms with Crippen molar-refractivity contribution in [1.82, 2.24) is 9.88 Å². The van der Waals surface area contributed by atoms with Gasteiger partial charge in [0.1, 0.15) is 11.5 Å². The van der Waals surface area contributed by atoms with Crippen molar-refractivity contribution in [1.29, 1.82) is 0 Å². The number of amides is 1. The van der Waals surface area contributed by atoms with Crippen LogP contribution in [0, 0.1) is 0 Å². The van der Waals surface area contributed by atoms with Crippen LogP contribution in [-0.4, -0.2) is 37.3 Å². The van der Waals surface area contributed by atoms with Crippen molar-refractivity contribution >= 4 is 26.6 Å². The molecule has 1 amide bonds. The molecule has 1 N–H and O–H groups in total. The van der Waals surface area contributed by atoms with Crippen molar-refractivity contribution in [3.8, 4) is 0 Å². The molecule has 1 aliphatic rings. The Labute approximate surface area is 186 Å². The van der Waals surface area contributed by atoms with E-state index in [4.69, 9.17) is 4.42 Å². The molecule has 2 aromatic carbocycles. The van der Waals surface area contributed by atoms with Crippen LogP contribution in [0.5, 0.6) is 0 Å². The molecular formula is C25H24N2O4S. The number of nitrogens with one attached hydrogen (secondary N) is 1. The van der Waals surface area contributed by atoms with Gasteiger partial charge in [-0.15, -0.1) is 0 Å². The minimum atomic E-state index is -3.52. The number of carbonyl (C=O) groups excluding carboxylic acids is 1. The van der Waals surface area contributed by atoms with E-state index in [1.165, 1.54) is 11.1 Å². The fourth-order valence-corrected chi connectivity index (χ4v) is 5.60. The number of aromatic amines is 1. The first-order valence-electron chi connectivity index (χ1n) is 10.7. The average molecular weight is 449 g/mol. The van der Waals surface area contributed by atoms with Crippen LogP contribution in [0.2, 0.25) is 0 Å². The van der Waals surface area contributed by atoms with Crippen LogP contribution in [0.25, 0.3) is 10.9 Å². The molecule has 164 valence electrons. The van der Waals surface area contributed by atoms with Crippen molar-refractivity contribution in [2.45, 2.75) is 29.4 Å². The van der Waals surface area contributed by atoms with Crippen LogP contribution >= 0.6 is 0 Å². The highest BCUT2D eigenvalue weighted by atomic mass is 32.2. The van der Waals surface area contributed by atoms with E-state index >= 15 is 0 Å². The highest BCUT2D eigenvalue weighted by molar-refractivity contribution is 7.90. The molecule has 0 saturated carbocycles. The third-order valence-corrected chi connectivity index (χ3v) is 7.73. The lowest BCUT2D eigenvalue weighted by atomic mass is 9.93. The number of likely N-dealkylation sites (tertiary alicyclic amines) is 1. The maximum atomic E-state index is 12.9. The van der Waals surface area contributed by atoms with Crippen molar-refractivity contribution in [2.24, 2.45) is 0 Å². The van der Waals surface area contributed by atoms with Crippen LogP contribution in [-0.2, 0) is 15.6 Å². The lowest BCUT2D eigenvalue weighted by Crippen LogP contribution is -2.37. The lowest BCUT2D eigenvalue weighted by Gasteiger charge is -2.31. The number of hydrogen-bond donors (Lipinski definition) is 1. The number of sulfone groups is 1. The molecule has 7 heteroatoms. The summed E-state index contributed by atoms with van der Waals surface area (Å²) in [7, 11) is -3.52. The average Bonchev–Trinajstić information content (AvgIpc) is 3.46. The van der Waals surface area contributed by atoms with Crippen molar-refractivity contribution in [3.63, 3.8) is 0 Å². The van der Waals surface area contributed by atoms with E-state index in [1.54, 1.807) is 47.4 Å². The summed E-state index contributed by atoms with van der Waals surface area (Å²) in [5.74, 6) is 0.378. The number of nitrogens with zero attached hydrogens (tertiary/aromatic N) is 1. The van der Waals surface area contributed by atoms with Gasteiger partial charge in [0.2, 0.25) is 0 Å².